The molecule has 0 bridgehead atoms. The Bertz CT molecular complexity index is 366. The number of aliphatic carboxylic acids is 1. The highest BCUT2D eigenvalue weighted by Gasteiger charge is 1.96. The lowest BCUT2D eigenvalue weighted by Crippen LogP contribution is -1.89. The zero-order valence-electron chi connectivity index (χ0n) is 16.4. The molecule has 0 aliphatic carbocycles. The van der Waals surface area contributed by atoms with Crippen molar-refractivity contribution in [2.75, 3.05) is 0 Å². The molecular weight excluding hydrogens is 296 g/mol. The molecular formula is C22H40O2. The van der Waals surface area contributed by atoms with Crippen molar-refractivity contribution in [1.29, 1.82) is 0 Å². The first kappa shape index (κ1) is 22.9. The third-order valence-corrected chi connectivity index (χ3v) is 4.50. The lowest BCUT2D eigenvalue weighted by atomic mass is 10.0. The van der Waals surface area contributed by atoms with Gasteiger partial charge in [-0.25, -0.2) is 4.79 Å². The van der Waals surface area contributed by atoms with E-state index in [1.807, 2.05) is 13.0 Å². The molecule has 0 aromatic heterocycles. The molecule has 2 nitrogen and oxygen atoms in total. The van der Waals surface area contributed by atoms with Crippen molar-refractivity contribution in [3.05, 3.63) is 23.3 Å². The number of hydrogen-bond acceptors (Lipinski definition) is 1. The van der Waals surface area contributed by atoms with E-state index in [0.717, 1.165) is 12.0 Å². The number of rotatable bonds is 16. The fraction of sp³-hybridized carbons (Fsp3) is 0.773. The second-order valence-electron chi connectivity index (χ2n) is 7.21. The fourth-order valence-corrected chi connectivity index (χ4v) is 3.12. The van der Waals surface area contributed by atoms with Crippen molar-refractivity contribution >= 4 is 5.97 Å². The van der Waals surface area contributed by atoms with E-state index in [-0.39, 0.29) is 0 Å². The van der Waals surface area contributed by atoms with Crippen LogP contribution in [0.4, 0.5) is 0 Å². The second kappa shape index (κ2) is 16.8. The van der Waals surface area contributed by atoms with Gasteiger partial charge in [0, 0.05) is 6.08 Å². The van der Waals surface area contributed by atoms with Crippen molar-refractivity contribution in [3.63, 3.8) is 0 Å². The number of unbranched alkanes of at least 4 members (excludes halogenated alkanes) is 12. The molecule has 0 aromatic rings. The van der Waals surface area contributed by atoms with E-state index in [1.54, 1.807) is 0 Å². The summed E-state index contributed by atoms with van der Waals surface area (Å²) >= 11 is 0. The predicted octanol–water partition coefficient (Wildman–Crippen LogP) is 7.44. The van der Waals surface area contributed by atoms with E-state index in [4.69, 9.17) is 5.11 Å². The molecule has 0 aromatic carbocycles. The minimum Gasteiger partial charge on any atom is -0.478 e. The molecule has 0 saturated heterocycles. The maximum absolute atomic E-state index is 10.6. The van der Waals surface area contributed by atoms with Gasteiger partial charge in [-0.15, -0.1) is 0 Å². The molecule has 0 aliphatic rings. The van der Waals surface area contributed by atoms with Gasteiger partial charge in [0.2, 0.25) is 0 Å². The summed E-state index contributed by atoms with van der Waals surface area (Å²) in [4.78, 5) is 10.6. The summed E-state index contributed by atoms with van der Waals surface area (Å²) in [5.74, 6) is -0.863. The van der Waals surface area contributed by atoms with Crippen LogP contribution >= 0.6 is 0 Å². The Morgan fingerprint density at radius 1 is 0.708 bits per heavy atom. The van der Waals surface area contributed by atoms with Crippen LogP contribution in [0.1, 0.15) is 111 Å². The summed E-state index contributed by atoms with van der Waals surface area (Å²) < 4.78 is 0. The highest BCUT2D eigenvalue weighted by atomic mass is 16.4. The van der Waals surface area contributed by atoms with E-state index in [0.29, 0.717) is 0 Å². The average Bonchev–Trinajstić information content (AvgIpc) is 2.51. The van der Waals surface area contributed by atoms with Crippen molar-refractivity contribution in [2.24, 2.45) is 0 Å². The van der Waals surface area contributed by atoms with Gasteiger partial charge in [-0.1, -0.05) is 95.6 Å². The molecule has 0 radical (unpaired) electrons. The minimum atomic E-state index is -0.863. The van der Waals surface area contributed by atoms with E-state index in [2.05, 4.69) is 13.8 Å². The van der Waals surface area contributed by atoms with Crippen LogP contribution < -0.4 is 0 Å². The summed E-state index contributed by atoms with van der Waals surface area (Å²) in [5.41, 5.74) is 2.11. The fourth-order valence-electron chi connectivity index (χ4n) is 3.12. The van der Waals surface area contributed by atoms with Crippen LogP contribution in [0.15, 0.2) is 23.3 Å². The van der Waals surface area contributed by atoms with Crippen LogP contribution in [0.3, 0.4) is 0 Å². The number of carboxylic acids is 1. The van der Waals surface area contributed by atoms with E-state index in [1.165, 1.54) is 95.1 Å². The van der Waals surface area contributed by atoms with Crippen molar-refractivity contribution in [1.82, 2.24) is 0 Å². The molecule has 0 amide bonds. The van der Waals surface area contributed by atoms with Crippen LogP contribution in [-0.4, -0.2) is 11.1 Å². The van der Waals surface area contributed by atoms with Crippen LogP contribution in [0, 0.1) is 0 Å². The Kier molecular flexibility index (Phi) is 16.1. The number of allylic oxidation sites excluding steroid dienone is 3. The molecule has 0 atom stereocenters. The van der Waals surface area contributed by atoms with E-state index < -0.39 is 5.97 Å². The van der Waals surface area contributed by atoms with Crippen molar-refractivity contribution < 1.29 is 9.90 Å². The highest BCUT2D eigenvalue weighted by molar-refractivity contribution is 5.81. The molecule has 0 unspecified atom stereocenters. The van der Waals surface area contributed by atoms with Crippen LogP contribution in [0.5, 0.6) is 0 Å². The molecule has 24 heavy (non-hydrogen) atoms. The van der Waals surface area contributed by atoms with Gasteiger partial charge < -0.3 is 5.11 Å². The number of carboxylic acid groups (broad SMARTS) is 1. The zero-order valence-corrected chi connectivity index (χ0v) is 16.4. The van der Waals surface area contributed by atoms with E-state index in [9.17, 15) is 4.79 Å². The Morgan fingerprint density at radius 2 is 1.12 bits per heavy atom. The topological polar surface area (TPSA) is 37.3 Å². The standard InChI is InChI=1S/C22H40O2/c1-4-5-6-7-8-9-10-11-12-13-14-15-16-17-20(2)18-21(3)19-22(23)24/h18-19H,4-17H2,1-3H3,(H,23,24)/b20-18+,21-19+. The normalized spacial score (nSPS) is 12.6. The highest BCUT2D eigenvalue weighted by Crippen LogP contribution is 2.15. The summed E-state index contributed by atoms with van der Waals surface area (Å²) in [5, 5.41) is 8.69. The maximum Gasteiger partial charge on any atom is 0.328 e. The molecule has 0 rings (SSSR count). The average molecular weight is 337 g/mol. The molecule has 0 aliphatic heterocycles. The first-order valence-electron chi connectivity index (χ1n) is 10.1. The molecule has 2 heteroatoms. The van der Waals surface area contributed by atoms with Crippen molar-refractivity contribution in [2.45, 2.75) is 111 Å². The molecule has 1 N–H and O–H groups in total. The minimum absolute atomic E-state index is 0.828. The van der Waals surface area contributed by atoms with Gasteiger partial charge in [0.05, 0.1) is 0 Å². The first-order valence-corrected chi connectivity index (χ1v) is 10.1. The largest absolute Gasteiger partial charge is 0.478 e. The van der Waals surface area contributed by atoms with Crippen LogP contribution in [-0.2, 0) is 4.79 Å². The van der Waals surface area contributed by atoms with Gasteiger partial charge in [0.25, 0.3) is 0 Å². The van der Waals surface area contributed by atoms with Crippen molar-refractivity contribution in [3.8, 4) is 0 Å². The summed E-state index contributed by atoms with van der Waals surface area (Å²) in [6.45, 7) is 6.22. The third kappa shape index (κ3) is 17.3. The lowest BCUT2D eigenvalue weighted by molar-refractivity contribution is -0.131. The van der Waals surface area contributed by atoms with Crippen LogP contribution in [0.2, 0.25) is 0 Å². The van der Waals surface area contributed by atoms with Gasteiger partial charge in [0.15, 0.2) is 0 Å². The maximum atomic E-state index is 10.6. The molecule has 0 saturated carbocycles. The summed E-state index contributed by atoms with van der Waals surface area (Å²) in [6.07, 6.45) is 22.3. The Hall–Kier alpha value is -1.05. The van der Waals surface area contributed by atoms with Gasteiger partial charge >= 0.3 is 5.97 Å². The number of carbonyl (C=O) groups is 1. The SMILES string of the molecule is CCCCCCCCCCCCCCC/C(C)=C/C(C)=C/C(=O)O. The predicted molar refractivity (Wildman–Crippen MR) is 105 cm³/mol. The molecule has 0 fully saturated rings. The van der Waals surface area contributed by atoms with E-state index >= 15 is 0 Å². The lowest BCUT2D eigenvalue weighted by Gasteiger charge is -2.04. The molecule has 0 spiro atoms. The first-order chi connectivity index (χ1) is 11.6. The number of hydrogen-bond donors (Lipinski definition) is 1. The monoisotopic (exact) mass is 336 g/mol. The Morgan fingerprint density at radius 3 is 1.54 bits per heavy atom. The summed E-state index contributed by atoms with van der Waals surface area (Å²) in [7, 11) is 0. The van der Waals surface area contributed by atoms with Gasteiger partial charge in [0.1, 0.15) is 0 Å². The smallest absolute Gasteiger partial charge is 0.328 e. The molecule has 0 heterocycles. The quantitative estimate of drug-likeness (QED) is 0.180. The second-order valence-corrected chi connectivity index (χ2v) is 7.21. The van der Waals surface area contributed by atoms with Gasteiger partial charge in [-0.3, -0.25) is 0 Å². The molecule has 140 valence electrons. The third-order valence-electron chi connectivity index (χ3n) is 4.50. The van der Waals surface area contributed by atoms with Gasteiger partial charge in [-0.05, 0) is 32.3 Å². The summed E-state index contributed by atoms with van der Waals surface area (Å²) in [6, 6.07) is 0. The van der Waals surface area contributed by atoms with Crippen LogP contribution in [0.25, 0.3) is 0 Å². The Balaban J connectivity index is 3.39. The zero-order chi connectivity index (χ0) is 18.0. The van der Waals surface area contributed by atoms with Gasteiger partial charge in [-0.2, -0.15) is 0 Å². The Labute approximate surface area is 150 Å².